The Balaban J connectivity index is 1.94. The Hall–Kier alpha value is -2.05. The van der Waals surface area contributed by atoms with Gasteiger partial charge in [-0.05, 0) is 68.3 Å². The maximum atomic E-state index is 12.1. The summed E-state index contributed by atoms with van der Waals surface area (Å²) in [5.74, 6) is -0.243. The number of amides is 2. The molecule has 1 unspecified atom stereocenters. The van der Waals surface area contributed by atoms with E-state index in [1.807, 2.05) is 26.0 Å². The molecule has 2 aromatic carbocycles. The zero-order valence-corrected chi connectivity index (χ0v) is 16.4. The molecule has 0 saturated carbocycles. The van der Waals surface area contributed by atoms with E-state index in [9.17, 15) is 9.59 Å². The third kappa shape index (κ3) is 5.21. The number of carbonyl (C=O) groups excluding carboxylic acids is 2. The minimum atomic E-state index is -0.774. The lowest BCUT2D eigenvalue weighted by Crippen LogP contribution is -2.47. The van der Waals surface area contributed by atoms with Crippen molar-refractivity contribution in [2.45, 2.75) is 26.9 Å². The van der Waals surface area contributed by atoms with Crippen LogP contribution in [-0.4, -0.2) is 17.9 Å². The van der Waals surface area contributed by atoms with Crippen molar-refractivity contribution >= 4 is 39.3 Å². The van der Waals surface area contributed by atoms with E-state index in [-0.39, 0.29) is 0 Å². The third-order valence-corrected chi connectivity index (χ3v) is 4.20. The highest BCUT2D eigenvalue weighted by molar-refractivity contribution is 9.10. The molecule has 2 amide bonds. The van der Waals surface area contributed by atoms with Gasteiger partial charge in [0.25, 0.3) is 11.8 Å². The first-order valence-corrected chi connectivity index (χ1v) is 8.74. The summed E-state index contributed by atoms with van der Waals surface area (Å²) in [6.45, 7) is 5.42. The number of ether oxygens (including phenoxy) is 1. The van der Waals surface area contributed by atoms with Crippen LogP contribution in [0.15, 0.2) is 40.9 Å². The fourth-order valence-electron chi connectivity index (χ4n) is 2.21. The molecule has 0 fully saturated rings. The van der Waals surface area contributed by atoms with E-state index in [0.29, 0.717) is 16.3 Å². The summed E-state index contributed by atoms with van der Waals surface area (Å²) in [6.07, 6.45) is -0.774. The van der Waals surface area contributed by atoms with E-state index in [1.165, 1.54) is 0 Å². The number of hydrazine groups is 1. The number of rotatable bonds is 4. The van der Waals surface area contributed by atoms with Gasteiger partial charge in [-0.1, -0.05) is 27.5 Å². The quantitative estimate of drug-likeness (QED) is 0.729. The zero-order valence-electron chi connectivity index (χ0n) is 14.0. The summed E-state index contributed by atoms with van der Waals surface area (Å²) in [4.78, 5) is 24.1. The van der Waals surface area contributed by atoms with Crippen LogP contribution in [-0.2, 0) is 4.79 Å². The summed E-state index contributed by atoms with van der Waals surface area (Å²) in [7, 11) is 0. The van der Waals surface area contributed by atoms with Gasteiger partial charge in [0.05, 0.1) is 0 Å². The maximum absolute atomic E-state index is 12.1. The van der Waals surface area contributed by atoms with Crippen molar-refractivity contribution < 1.29 is 14.3 Å². The van der Waals surface area contributed by atoms with Gasteiger partial charge in [0, 0.05) is 15.1 Å². The predicted octanol–water partition coefficient (Wildman–Crippen LogP) is 3.95. The van der Waals surface area contributed by atoms with Gasteiger partial charge in [-0.15, -0.1) is 0 Å². The molecule has 2 aromatic rings. The van der Waals surface area contributed by atoms with Crippen molar-refractivity contribution in [3.05, 3.63) is 62.6 Å². The van der Waals surface area contributed by atoms with Crippen molar-refractivity contribution in [2.75, 3.05) is 0 Å². The van der Waals surface area contributed by atoms with Gasteiger partial charge in [0.15, 0.2) is 6.10 Å². The molecule has 0 aliphatic carbocycles. The number of hydrogen-bond acceptors (Lipinski definition) is 3. The lowest BCUT2D eigenvalue weighted by molar-refractivity contribution is -0.128. The average Bonchev–Trinajstić information content (AvgIpc) is 2.56. The number of carbonyl (C=O) groups is 2. The molecule has 0 spiro atoms. The van der Waals surface area contributed by atoms with E-state index < -0.39 is 17.9 Å². The predicted molar refractivity (Wildman–Crippen MR) is 101 cm³/mol. The summed E-state index contributed by atoms with van der Waals surface area (Å²) < 4.78 is 6.69. The first kappa shape index (κ1) is 19.3. The van der Waals surface area contributed by atoms with Gasteiger partial charge < -0.3 is 4.74 Å². The van der Waals surface area contributed by atoms with E-state index in [1.54, 1.807) is 31.2 Å². The molecule has 0 heterocycles. The van der Waals surface area contributed by atoms with Crippen LogP contribution >= 0.6 is 27.5 Å². The first-order chi connectivity index (χ1) is 11.8. The topological polar surface area (TPSA) is 67.4 Å². The highest BCUT2D eigenvalue weighted by Crippen LogP contribution is 2.28. The smallest absolute Gasteiger partial charge is 0.279 e. The van der Waals surface area contributed by atoms with Gasteiger partial charge in [0.2, 0.25) is 0 Å². The van der Waals surface area contributed by atoms with Crippen molar-refractivity contribution in [1.29, 1.82) is 0 Å². The SMILES string of the molecule is Cc1cc(Br)cc(C)c1OC(C)C(=O)NNC(=O)c1ccc(Cl)cc1. The molecular weight excluding hydrogens is 408 g/mol. The van der Waals surface area contributed by atoms with Crippen LogP contribution in [0, 0.1) is 13.8 Å². The minimum Gasteiger partial charge on any atom is -0.480 e. The highest BCUT2D eigenvalue weighted by atomic mass is 79.9. The number of hydrogen-bond donors (Lipinski definition) is 2. The molecule has 0 saturated heterocycles. The largest absolute Gasteiger partial charge is 0.480 e. The van der Waals surface area contributed by atoms with Gasteiger partial charge in [-0.2, -0.15) is 0 Å². The minimum absolute atomic E-state index is 0.387. The third-order valence-electron chi connectivity index (χ3n) is 3.49. The Morgan fingerprint density at radius 1 is 1.08 bits per heavy atom. The van der Waals surface area contributed by atoms with Crippen LogP contribution < -0.4 is 15.6 Å². The summed E-state index contributed by atoms with van der Waals surface area (Å²) in [5, 5.41) is 0.530. The Labute approximate surface area is 159 Å². The van der Waals surface area contributed by atoms with Crippen molar-refractivity contribution in [3.8, 4) is 5.75 Å². The van der Waals surface area contributed by atoms with Crippen molar-refractivity contribution in [1.82, 2.24) is 10.9 Å². The molecule has 0 aromatic heterocycles. The lowest BCUT2D eigenvalue weighted by atomic mass is 10.1. The average molecular weight is 426 g/mol. The van der Waals surface area contributed by atoms with Crippen molar-refractivity contribution in [3.63, 3.8) is 0 Å². The molecule has 0 aliphatic heterocycles. The highest BCUT2D eigenvalue weighted by Gasteiger charge is 2.18. The molecule has 132 valence electrons. The molecule has 0 radical (unpaired) electrons. The number of benzene rings is 2. The zero-order chi connectivity index (χ0) is 18.6. The van der Waals surface area contributed by atoms with Gasteiger partial charge >= 0.3 is 0 Å². The van der Waals surface area contributed by atoms with Crippen LogP contribution in [0.4, 0.5) is 0 Å². The van der Waals surface area contributed by atoms with E-state index >= 15 is 0 Å². The van der Waals surface area contributed by atoms with E-state index in [0.717, 1.165) is 15.6 Å². The van der Waals surface area contributed by atoms with Crippen LogP contribution in [0.5, 0.6) is 5.75 Å². The maximum Gasteiger partial charge on any atom is 0.279 e. The van der Waals surface area contributed by atoms with Crippen LogP contribution in [0.1, 0.15) is 28.4 Å². The molecule has 1 atom stereocenters. The molecule has 2 rings (SSSR count). The second-order valence-corrected chi connectivity index (χ2v) is 6.93. The Bertz CT molecular complexity index is 770. The summed E-state index contributed by atoms with van der Waals surface area (Å²) in [5.41, 5.74) is 6.93. The Morgan fingerprint density at radius 2 is 1.64 bits per heavy atom. The number of halogens is 2. The monoisotopic (exact) mass is 424 g/mol. The second-order valence-electron chi connectivity index (χ2n) is 5.58. The van der Waals surface area contributed by atoms with Crippen LogP contribution in [0.2, 0.25) is 5.02 Å². The first-order valence-electron chi connectivity index (χ1n) is 7.57. The van der Waals surface area contributed by atoms with Crippen LogP contribution in [0.3, 0.4) is 0 Å². The molecule has 2 N–H and O–H groups in total. The van der Waals surface area contributed by atoms with E-state index in [2.05, 4.69) is 26.8 Å². The molecule has 0 bridgehead atoms. The molecule has 0 aliphatic rings. The molecular formula is C18H18BrClN2O3. The molecule has 7 heteroatoms. The van der Waals surface area contributed by atoms with Gasteiger partial charge in [0.1, 0.15) is 5.75 Å². The van der Waals surface area contributed by atoms with Gasteiger partial charge in [-0.3, -0.25) is 20.4 Å². The summed E-state index contributed by atoms with van der Waals surface area (Å²) >= 11 is 9.20. The standard InChI is InChI=1S/C18H18BrClN2O3/c1-10-8-14(19)9-11(2)16(10)25-12(3)17(23)21-22-18(24)13-4-6-15(20)7-5-13/h4-9,12H,1-3H3,(H,21,23)(H,22,24). The Kier molecular flexibility index (Phi) is 6.45. The molecule has 5 nitrogen and oxygen atoms in total. The number of aryl methyl sites for hydroxylation is 2. The second kappa shape index (κ2) is 8.36. The molecule has 25 heavy (non-hydrogen) atoms. The van der Waals surface area contributed by atoms with Gasteiger partial charge in [-0.25, -0.2) is 0 Å². The fraction of sp³-hybridized carbons (Fsp3) is 0.222. The fourth-order valence-corrected chi connectivity index (χ4v) is 3.02. The lowest BCUT2D eigenvalue weighted by Gasteiger charge is -2.18. The van der Waals surface area contributed by atoms with Crippen molar-refractivity contribution in [2.24, 2.45) is 0 Å². The number of nitrogens with one attached hydrogen (secondary N) is 2. The normalized spacial score (nSPS) is 11.6. The Morgan fingerprint density at radius 3 is 2.20 bits per heavy atom. The summed E-state index contributed by atoms with van der Waals surface area (Å²) in [6, 6.07) is 10.2. The van der Waals surface area contributed by atoms with Crippen LogP contribution in [0.25, 0.3) is 0 Å². The van der Waals surface area contributed by atoms with E-state index in [4.69, 9.17) is 16.3 Å².